The molecule has 6 N–H and O–H groups in total. The van der Waals surface area contributed by atoms with Crippen LogP contribution in [0, 0.1) is 23.1 Å². The number of aliphatic hydroxyl groups excluding tert-OH is 4. The Hall–Kier alpha value is -2.29. The lowest BCUT2D eigenvalue weighted by Gasteiger charge is -2.20. The van der Waals surface area contributed by atoms with Crippen LogP contribution in [0.15, 0.2) is 28.5 Å². The fourth-order valence-corrected chi connectivity index (χ4v) is 5.82. The molecule has 2 fully saturated rings. The average Bonchev–Trinajstić information content (AvgIpc) is 3.66. The molecule has 2 saturated carbocycles. The smallest absolute Gasteiger partial charge is 0.189 e. The summed E-state index contributed by atoms with van der Waals surface area (Å²) in [4.78, 5) is 9.20. The number of rotatable bonds is 14. The van der Waals surface area contributed by atoms with Crippen molar-refractivity contribution in [2.75, 3.05) is 24.3 Å². The van der Waals surface area contributed by atoms with E-state index < -0.39 is 42.0 Å². The normalized spacial score (nSPS) is 28.0. The number of aliphatic hydroxyl groups is 4. The highest BCUT2D eigenvalue weighted by Crippen LogP contribution is 2.45. The summed E-state index contributed by atoms with van der Waals surface area (Å²) in [5, 5.41) is 47.8. The van der Waals surface area contributed by atoms with Gasteiger partial charge in [0.15, 0.2) is 22.6 Å². The number of hydrogen-bond donors (Lipinski definition) is 6. The van der Waals surface area contributed by atoms with Crippen molar-refractivity contribution in [3.05, 3.63) is 41.1 Å². The fourth-order valence-electron chi connectivity index (χ4n) is 5.10. The van der Waals surface area contributed by atoms with Crippen molar-refractivity contribution >= 4 is 23.3 Å². The number of thioether (sulfide) groups is 1. The van der Waals surface area contributed by atoms with E-state index in [2.05, 4.69) is 20.4 Å². The van der Waals surface area contributed by atoms with Gasteiger partial charge in [0, 0.05) is 23.6 Å². The zero-order valence-corrected chi connectivity index (χ0v) is 22.4. The molecular weight excluding hydrogens is 532 g/mol. The van der Waals surface area contributed by atoms with Gasteiger partial charge in [-0.2, -0.15) is 5.11 Å². The third-order valence-electron chi connectivity index (χ3n) is 7.22. The van der Waals surface area contributed by atoms with Gasteiger partial charge in [0.2, 0.25) is 0 Å². The van der Waals surface area contributed by atoms with Crippen LogP contribution in [0.3, 0.4) is 0 Å². The second-order valence-corrected chi connectivity index (χ2v) is 11.0. The summed E-state index contributed by atoms with van der Waals surface area (Å²) in [6.45, 7) is 1.72. The molecule has 214 valence electrons. The lowest BCUT2D eigenvalue weighted by molar-refractivity contribution is -0.0891. The first kappa shape index (κ1) is 29.7. The van der Waals surface area contributed by atoms with Crippen LogP contribution in [-0.2, 0) is 11.2 Å². The molecule has 1 aromatic heterocycles. The number of nitrogens with zero attached hydrogens (tertiary/aromatic N) is 3. The minimum absolute atomic E-state index is 0.0263. The molecular formula is C26H35F2N5O5S. The standard InChI is InChI=1S/C26H35F2N5O5S/c1-2-10-39-26-31-18(5-3-4-14-21(35)23(37)24(22(14)36)38-9-8-34)20(33-29)25(32-26)30-19-12-15(19)13-6-7-16(27)17(28)11-13/h6-7,11,14-15,19,21-24,29,34-37H,2-5,8-10,12H2,1H3,(H,30,31,32). The van der Waals surface area contributed by atoms with Gasteiger partial charge >= 0.3 is 0 Å². The fraction of sp³-hybridized carbons (Fsp3) is 0.615. The van der Waals surface area contributed by atoms with E-state index in [1.165, 1.54) is 17.8 Å². The van der Waals surface area contributed by atoms with Crippen LogP contribution in [0.1, 0.15) is 49.8 Å². The van der Waals surface area contributed by atoms with Gasteiger partial charge in [-0.1, -0.05) is 24.8 Å². The molecule has 10 nitrogen and oxygen atoms in total. The maximum atomic E-state index is 13.7. The highest BCUT2D eigenvalue weighted by Gasteiger charge is 2.49. The molecule has 0 spiro atoms. The lowest BCUT2D eigenvalue weighted by Crippen LogP contribution is -2.35. The molecule has 0 bridgehead atoms. The predicted octanol–water partition coefficient (Wildman–Crippen LogP) is 3.30. The van der Waals surface area contributed by atoms with Crippen LogP contribution in [0.4, 0.5) is 20.3 Å². The number of aromatic nitrogens is 2. The molecule has 0 aliphatic heterocycles. The monoisotopic (exact) mass is 567 g/mol. The topological polar surface area (TPSA) is 164 Å². The van der Waals surface area contributed by atoms with Gasteiger partial charge in [-0.05, 0) is 49.8 Å². The molecule has 2 aliphatic carbocycles. The predicted molar refractivity (Wildman–Crippen MR) is 140 cm³/mol. The van der Waals surface area contributed by atoms with Gasteiger partial charge in [-0.15, -0.1) is 0 Å². The van der Waals surface area contributed by atoms with E-state index in [1.807, 2.05) is 6.92 Å². The molecule has 1 aromatic carbocycles. The van der Waals surface area contributed by atoms with Gasteiger partial charge in [0.05, 0.1) is 31.1 Å². The van der Waals surface area contributed by atoms with E-state index in [-0.39, 0.29) is 30.9 Å². The maximum absolute atomic E-state index is 13.7. The molecule has 39 heavy (non-hydrogen) atoms. The number of nitrogens with one attached hydrogen (secondary N) is 2. The SMILES string of the molecule is CCCSc1nc(CCCC2C(O)C(O)C(OCCO)C2O)c(N=N)c(NC2CC2c2ccc(F)c(F)c2)n1. The van der Waals surface area contributed by atoms with Crippen LogP contribution in [0.25, 0.3) is 0 Å². The van der Waals surface area contributed by atoms with Crippen LogP contribution >= 0.6 is 11.8 Å². The summed E-state index contributed by atoms with van der Waals surface area (Å²) in [5.74, 6) is -1.24. The van der Waals surface area contributed by atoms with Crippen molar-refractivity contribution < 1.29 is 33.9 Å². The molecule has 13 heteroatoms. The van der Waals surface area contributed by atoms with Crippen molar-refractivity contribution in [3.8, 4) is 0 Å². The molecule has 2 aliphatic rings. The van der Waals surface area contributed by atoms with E-state index in [9.17, 15) is 24.1 Å². The highest BCUT2D eigenvalue weighted by molar-refractivity contribution is 7.99. The molecule has 4 rings (SSSR count). The van der Waals surface area contributed by atoms with Crippen LogP contribution in [-0.4, -0.2) is 79.8 Å². The Labute approximate surface area is 229 Å². The highest BCUT2D eigenvalue weighted by atomic mass is 32.2. The van der Waals surface area contributed by atoms with Gasteiger partial charge in [-0.3, -0.25) is 0 Å². The van der Waals surface area contributed by atoms with Crippen molar-refractivity contribution in [3.63, 3.8) is 0 Å². The van der Waals surface area contributed by atoms with Gasteiger partial charge in [0.25, 0.3) is 0 Å². The summed E-state index contributed by atoms with van der Waals surface area (Å²) >= 11 is 1.48. The van der Waals surface area contributed by atoms with Crippen LogP contribution in [0.2, 0.25) is 0 Å². The number of hydrogen-bond acceptors (Lipinski definition) is 11. The third kappa shape index (κ3) is 6.90. The largest absolute Gasteiger partial charge is 0.394 e. The molecule has 2 aromatic rings. The minimum Gasteiger partial charge on any atom is -0.394 e. The minimum atomic E-state index is -1.26. The molecule has 1 heterocycles. The zero-order valence-electron chi connectivity index (χ0n) is 21.6. The lowest BCUT2D eigenvalue weighted by atomic mass is 9.95. The van der Waals surface area contributed by atoms with Crippen LogP contribution < -0.4 is 5.32 Å². The van der Waals surface area contributed by atoms with Gasteiger partial charge in [-0.25, -0.2) is 24.3 Å². The van der Waals surface area contributed by atoms with E-state index in [4.69, 9.17) is 15.4 Å². The first-order chi connectivity index (χ1) is 18.8. The van der Waals surface area contributed by atoms with E-state index >= 15 is 0 Å². The zero-order chi connectivity index (χ0) is 28.1. The molecule has 0 saturated heterocycles. The first-order valence-corrected chi connectivity index (χ1v) is 14.2. The summed E-state index contributed by atoms with van der Waals surface area (Å²) < 4.78 is 32.4. The van der Waals surface area contributed by atoms with Gasteiger partial charge < -0.3 is 30.5 Å². The summed E-state index contributed by atoms with van der Waals surface area (Å²) in [6, 6.07) is 3.80. The van der Waals surface area contributed by atoms with E-state index in [0.29, 0.717) is 47.9 Å². The molecule has 0 amide bonds. The third-order valence-corrected chi connectivity index (χ3v) is 8.27. The Morgan fingerprint density at radius 3 is 2.64 bits per heavy atom. The average molecular weight is 568 g/mol. The van der Waals surface area contributed by atoms with Gasteiger partial charge in [0.1, 0.15) is 17.9 Å². The molecule has 7 atom stereocenters. The molecule has 0 radical (unpaired) electrons. The quantitative estimate of drug-likeness (QED) is 0.114. The van der Waals surface area contributed by atoms with Crippen molar-refractivity contribution in [2.45, 2.75) is 80.6 Å². The van der Waals surface area contributed by atoms with E-state index in [1.54, 1.807) is 6.07 Å². The Bertz CT molecular complexity index is 1150. The van der Waals surface area contributed by atoms with Crippen molar-refractivity contribution in [1.82, 2.24) is 9.97 Å². The number of anilines is 1. The van der Waals surface area contributed by atoms with Crippen molar-refractivity contribution in [1.29, 1.82) is 5.53 Å². The summed E-state index contributed by atoms with van der Waals surface area (Å²) in [5.41, 5.74) is 9.31. The number of ether oxygens (including phenoxy) is 1. The summed E-state index contributed by atoms with van der Waals surface area (Å²) in [7, 11) is 0. The summed E-state index contributed by atoms with van der Waals surface area (Å²) in [6.07, 6.45) is -1.67. The first-order valence-electron chi connectivity index (χ1n) is 13.2. The Kier molecular flexibility index (Phi) is 10.2. The number of aryl methyl sites for hydroxylation is 1. The molecule has 7 unspecified atom stereocenters. The number of benzene rings is 1. The Morgan fingerprint density at radius 2 is 1.95 bits per heavy atom. The number of halogens is 2. The second-order valence-electron chi connectivity index (χ2n) is 9.96. The van der Waals surface area contributed by atoms with E-state index in [0.717, 1.165) is 18.2 Å². The second kappa shape index (κ2) is 13.4. The Balaban J connectivity index is 1.46. The Morgan fingerprint density at radius 1 is 1.15 bits per heavy atom. The maximum Gasteiger partial charge on any atom is 0.189 e. The van der Waals surface area contributed by atoms with Crippen LogP contribution in [0.5, 0.6) is 0 Å². The van der Waals surface area contributed by atoms with Crippen molar-refractivity contribution in [2.24, 2.45) is 11.0 Å².